The first-order valence-electron chi connectivity index (χ1n) is 7.85. The van der Waals surface area contributed by atoms with Gasteiger partial charge in [-0.2, -0.15) is 13.2 Å². The largest absolute Gasteiger partial charge is 0.416 e. The highest BCUT2D eigenvalue weighted by Crippen LogP contribution is 2.48. The Hall–Kier alpha value is -2.63. The zero-order valence-electron chi connectivity index (χ0n) is 13.4. The van der Waals surface area contributed by atoms with Crippen molar-refractivity contribution < 1.29 is 22.8 Å². The molecule has 0 heterocycles. The number of carbonyl (C=O) groups is 2. The van der Waals surface area contributed by atoms with Gasteiger partial charge in [-0.15, -0.1) is 0 Å². The van der Waals surface area contributed by atoms with Gasteiger partial charge in [0.2, 0.25) is 5.91 Å². The minimum absolute atomic E-state index is 0.107. The first-order chi connectivity index (χ1) is 11.8. The predicted octanol–water partition coefficient (Wildman–Crippen LogP) is 4.65. The zero-order valence-corrected chi connectivity index (χ0v) is 13.4. The van der Waals surface area contributed by atoms with E-state index in [1.165, 1.54) is 13.0 Å². The van der Waals surface area contributed by atoms with E-state index in [4.69, 9.17) is 0 Å². The Kier molecular flexibility index (Phi) is 4.37. The standard InChI is InChI=1S/C19H16F3NO2/c1-11(24)12-4-3-7-15(9-12)23-18(25)17-10-16(17)13-5-2-6-14(8-13)19(20,21)22/h2-9,16-17H,10H2,1H3,(H,23,25)/t16-,17-/m1/s1. The number of amides is 1. The minimum Gasteiger partial charge on any atom is -0.326 e. The van der Waals surface area contributed by atoms with Crippen LogP contribution in [0.25, 0.3) is 0 Å². The molecule has 0 spiro atoms. The number of nitrogens with one attached hydrogen (secondary N) is 1. The Morgan fingerprint density at radius 3 is 2.48 bits per heavy atom. The maximum Gasteiger partial charge on any atom is 0.416 e. The predicted molar refractivity (Wildman–Crippen MR) is 87.4 cm³/mol. The van der Waals surface area contributed by atoms with E-state index in [-0.39, 0.29) is 23.5 Å². The average Bonchev–Trinajstić information content (AvgIpc) is 3.35. The molecule has 0 aliphatic heterocycles. The molecule has 1 aliphatic rings. The van der Waals surface area contributed by atoms with E-state index >= 15 is 0 Å². The molecule has 0 radical (unpaired) electrons. The van der Waals surface area contributed by atoms with E-state index < -0.39 is 11.7 Å². The number of benzene rings is 2. The number of anilines is 1. The number of hydrogen-bond donors (Lipinski definition) is 1. The lowest BCUT2D eigenvalue weighted by Gasteiger charge is -2.09. The lowest BCUT2D eigenvalue weighted by molar-refractivity contribution is -0.137. The molecule has 0 unspecified atom stereocenters. The van der Waals surface area contributed by atoms with Crippen molar-refractivity contribution in [1.29, 1.82) is 0 Å². The molecule has 3 rings (SSSR count). The van der Waals surface area contributed by atoms with Gasteiger partial charge in [0.15, 0.2) is 5.78 Å². The molecule has 25 heavy (non-hydrogen) atoms. The number of ketones is 1. The van der Waals surface area contributed by atoms with Crippen LogP contribution < -0.4 is 5.32 Å². The maximum atomic E-state index is 12.8. The molecule has 1 N–H and O–H groups in total. The van der Waals surface area contributed by atoms with E-state index in [0.29, 0.717) is 23.2 Å². The quantitative estimate of drug-likeness (QED) is 0.819. The number of hydrogen-bond acceptors (Lipinski definition) is 2. The highest BCUT2D eigenvalue weighted by Gasteiger charge is 2.44. The summed E-state index contributed by atoms with van der Waals surface area (Å²) in [6.07, 6.45) is -3.88. The van der Waals surface area contributed by atoms with Crippen molar-refractivity contribution in [2.24, 2.45) is 5.92 Å². The SMILES string of the molecule is CC(=O)c1cccc(NC(=O)[C@@H]2C[C@@H]2c2cccc(C(F)(F)F)c2)c1. The summed E-state index contributed by atoms with van der Waals surface area (Å²) >= 11 is 0. The van der Waals surface area contributed by atoms with Gasteiger partial charge in [-0.25, -0.2) is 0 Å². The molecule has 2 aromatic carbocycles. The summed E-state index contributed by atoms with van der Waals surface area (Å²) in [6.45, 7) is 1.44. The summed E-state index contributed by atoms with van der Waals surface area (Å²) in [6, 6.07) is 11.7. The van der Waals surface area contributed by atoms with Crippen LogP contribution in [0, 0.1) is 5.92 Å². The maximum absolute atomic E-state index is 12.8. The number of Topliss-reactive ketones (excluding diaryl/α,β-unsaturated/α-hetero) is 1. The first kappa shape index (κ1) is 17.2. The van der Waals surface area contributed by atoms with Crippen LogP contribution >= 0.6 is 0 Å². The van der Waals surface area contributed by atoms with Crippen LogP contribution in [0.1, 0.15) is 40.7 Å². The van der Waals surface area contributed by atoms with Crippen molar-refractivity contribution in [1.82, 2.24) is 0 Å². The summed E-state index contributed by atoms with van der Waals surface area (Å²) in [5.41, 5.74) is 0.813. The van der Waals surface area contributed by atoms with Gasteiger partial charge in [-0.05, 0) is 43.0 Å². The molecule has 0 bridgehead atoms. The molecule has 1 amide bonds. The number of halogens is 3. The minimum atomic E-state index is -4.39. The van der Waals surface area contributed by atoms with Crippen LogP contribution in [0.2, 0.25) is 0 Å². The second-order valence-corrected chi connectivity index (χ2v) is 6.20. The van der Waals surface area contributed by atoms with Gasteiger partial charge in [0.25, 0.3) is 0 Å². The normalized spacial score (nSPS) is 19.4. The van der Waals surface area contributed by atoms with E-state index in [1.807, 2.05) is 0 Å². The molecular formula is C19H16F3NO2. The Morgan fingerprint density at radius 2 is 1.80 bits per heavy atom. The molecule has 0 aromatic heterocycles. The third kappa shape index (κ3) is 3.90. The summed E-state index contributed by atoms with van der Waals surface area (Å²) < 4.78 is 38.4. The van der Waals surface area contributed by atoms with Crippen LogP contribution in [0.5, 0.6) is 0 Å². The van der Waals surface area contributed by atoms with Crippen molar-refractivity contribution >= 4 is 17.4 Å². The van der Waals surface area contributed by atoms with Crippen molar-refractivity contribution in [3.05, 3.63) is 65.2 Å². The Bertz CT molecular complexity index is 829. The van der Waals surface area contributed by atoms with Crippen LogP contribution in [0.3, 0.4) is 0 Å². The number of alkyl halides is 3. The molecular weight excluding hydrogens is 331 g/mol. The fraction of sp³-hybridized carbons (Fsp3) is 0.263. The van der Waals surface area contributed by atoms with E-state index in [1.54, 1.807) is 30.3 Å². The molecule has 1 fully saturated rings. The zero-order chi connectivity index (χ0) is 18.2. The summed E-state index contributed by atoms with van der Waals surface area (Å²) in [7, 11) is 0. The molecule has 0 saturated heterocycles. The van der Waals surface area contributed by atoms with E-state index in [2.05, 4.69) is 5.32 Å². The van der Waals surface area contributed by atoms with Gasteiger partial charge < -0.3 is 5.32 Å². The Labute approximate surface area is 142 Å². The van der Waals surface area contributed by atoms with Gasteiger partial charge in [-0.3, -0.25) is 9.59 Å². The monoisotopic (exact) mass is 347 g/mol. The summed E-state index contributed by atoms with van der Waals surface area (Å²) in [5, 5.41) is 2.73. The van der Waals surface area contributed by atoms with Crippen LogP contribution in [0.15, 0.2) is 48.5 Å². The molecule has 2 aromatic rings. The van der Waals surface area contributed by atoms with Crippen molar-refractivity contribution in [2.75, 3.05) is 5.32 Å². The highest BCUT2D eigenvalue weighted by molar-refractivity contribution is 5.98. The fourth-order valence-corrected chi connectivity index (χ4v) is 2.85. The lowest BCUT2D eigenvalue weighted by atomic mass is 10.1. The van der Waals surface area contributed by atoms with Crippen molar-refractivity contribution in [2.45, 2.75) is 25.4 Å². The summed E-state index contributed by atoms with van der Waals surface area (Å²) in [5.74, 6) is -0.921. The van der Waals surface area contributed by atoms with Crippen LogP contribution in [-0.4, -0.2) is 11.7 Å². The number of carbonyl (C=O) groups excluding carboxylic acids is 2. The molecule has 130 valence electrons. The fourth-order valence-electron chi connectivity index (χ4n) is 2.85. The Balaban J connectivity index is 1.68. The molecule has 1 aliphatic carbocycles. The smallest absolute Gasteiger partial charge is 0.326 e. The molecule has 1 saturated carbocycles. The van der Waals surface area contributed by atoms with Crippen LogP contribution in [0.4, 0.5) is 18.9 Å². The third-order valence-corrected chi connectivity index (χ3v) is 4.31. The third-order valence-electron chi connectivity index (χ3n) is 4.31. The van der Waals surface area contributed by atoms with E-state index in [9.17, 15) is 22.8 Å². The van der Waals surface area contributed by atoms with Crippen molar-refractivity contribution in [3.8, 4) is 0 Å². The van der Waals surface area contributed by atoms with Gasteiger partial charge in [0, 0.05) is 17.2 Å². The van der Waals surface area contributed by atoms with Gasteiger partial charge in [-0.1, -0.05) is 30.3 Å². The first-order valence-corrected chi connectivity index (χ1v) is 7.85. The Morgan fingerprint density at radius 1 is 1.08 bits per heavy atom. The molecule has 6 heteroatoms. The second kappa shape index (κ2) is 6.35. The molecule has 3 nitrogen and oxygen atoms in total. The lowest BCUT2D eigenvalue weighted by Crippen LogP contribution is -2.15. The van der Waals surface area contributed by atoms with Crippen molar-refractivity contribution in [3.63, 3.8) is 0 Å². The summed E-state index contributed by atoms with van der Waals surface area (Å²) in [4.78, 5) is 23.7. The topological polar surface area (TPSA) is 46.2 Å². The van der Waals surface area contributed by atoms with E-state index in [0.717, 1.165) is 12.1 Å². The van der Waals surface area contributed by atoms with Gasteiger partial charge >= 0.3 is 6.18 Å². The van der Waals surface area contributed by atoms with Gasteiger partial charge in [0.1, 0.15) is 0 Å². The second-order valence-electron chi connectivity index (χ2n) is 6.20. The molecule has 2 atom stereocenters. The highest BCUT2D eigenvalue weighted by atomic mass is 19.4. The number of rotatable bonds is 4. The van der Waals surface area contributed by atoms with Crippen LogP contribution in [-0.2, 0) is 11.0 Å². The van der Waals surface area contributed by atoms with Gasteiger partial charge in [0.05, 0.1) is 5.56 Å². The average molecular weight is 347 g/mol.